The van der Waals surface area contributed by atoms with E-state index in [9.17, 15) is 4.79 Å². The molecule has 7 heteroatoms. The predicted molar refractivity (Wildman–Crippen MR) is 139 cm³/mol. The first kappa shape index (κ1) is 24.4. The topological polar surface area (TPSA) is 62.8 Å². The van der Waals surface area contributed by atoms with Gasteiger partial charge >= 0.3 is 0 Å². The third kappa shape index (κ3) is 6.65. The molecule has 4 rings (SSSR count). The zero-order valence-electron chi connectivity index (χ0n) is 19.9. The van der Waals surface area contributed by atoms with Gasteiger partial charge in [-0.3, -0.25) is 9.69 Å². The van der Waals surface area contributed by atoms with Gasteiger partial charge in [-0.15, -0.1) is 0 Å². The zero-order valence-corrected chi connectivity index (χ0v) is 20.7. The van der Waals surface area contributed by atoms with E-state index >= 15 is 0 Å². The molecular weight excluding hydrogens is 446 g/mol. The summed E-state index contributed by atoms with van der Waals surface area (Å²) in [6, 6.07) is 17.3. The molecule has 0 spiro atoms. The first-order chi connectivity index (χ1) is 16.4. The average Bonchev–Trinajstić information content (AvgIpc) is 2.81. The Labute approximate surface area is 207 Å². The van der Waals surface area contributed by atoms with Gasteiger partial charge in [0.2, 0.25) is 0 Å². The SMILES string of the molecule is CC1(C)CC(=O)C(C(=S)Nc2ccc(Oc3ccccc3)cc2)=C(NCCN2CCOCC2)C1. The normalized spacial score (nSPS) is 18.5. The van der Waals surface area contributed by atoms with Gasteiger partial charge in [-0.1, -0.05) is 44.3 Å². The Bertz CT molecular complexity index is 1030. The fraction of sp³-hybridized carbons (Fsp3) is 0.407. The molecule has 0 atom stereocenters. The van der Waals surface area contributed by atoms with Crippen LogP contribution in [-0.4, -0.2) is 55.1 Å². The molecule has 2 aliphatic rings. The molecule has 2 N–H and O–H groups in total. The van der Waals surface area contributed by atoms with Crippen LogP contribution in [0.5, 0.6) is 11.5 Å². The number of para-hydroxylation sites is 1. The van der Waals surface area contributed by atoms with Crippen molar-refractivity contribution in [3.63, 3.8) is 0 Å². The summed E-state index contributed by atoms with van der Waals surface area (Å²) < 4.78 is 11.3. The van der Waals surface area contributed by atoms with Crippen molar-refractivity contribution >= 4 is 28.7 Å². The van der Waals surface area contributed by atoms with Crippen molar-refractivity contribution in [1.82, 2.24) is 10.2 Å². The lowest BCUT2D eigenvalue weighted by Crippen LogP contribution is -2.41. The number of rotatable bonds is 8. The molecule has 1 heterocycles. The van der Waals surface area contributed by atoms with E-state index in [0.717, 1.165) is 68.7 Å². The fourth-order valence-corrected chi connectivity index (χ4v) is 4.70. The highest BCUT2D eigenvalue weighted by Crippen LogP contribution is 2.36. The standard InChI is InChI=1S/C27H33N3O3S/c1-27(2)18-23(28-12-13-30-14-16-32-17-15-30)25(24(31)19-27)26(34)29-20-8-10-22(11-9-20)33-21-6-4-3-5-7-21/h3-11,28H,12-19H2,1-2H3,(H,29,34). The summed E-state index contributed by atoms with van der Waals surface area (Å²) in [6.45, 7) is 9.41. The quantitative estimate of drug-likeness (QED) is 0.528. The third-order valence-electron chi connectivity index (χ3n) is 6.06. The Balaban J connectivity index is 1.42. The second-order valence-corrected chi connectivity index (χ2v) is 9.98. The third-order valence-corrected chi connectivity index (χ3v) is 6.37. The molecule has 0 saturated carbocycles. The van der Waals surface area contributed by atoms with E-state index in [2.05, 4.69) is 29.4 Å². The van der Waals surface area contributed by atoms with E-state index in [1.165, 1.54) is 0 Å². The molecule has 0 unspecified atom stereocenters. The van der Waals surface area contributed by atoms with E-state index in [4.69, 9.17) is 21.7 Å². The second kappa shape index (κ2) is 11.1. The highest BCUT2D eigenvalue weighted by Gasteiger charge is 2.34. The molecule has 0 bridgehead atoms. The molecule has 180 valence electrons. The maximum Gasteiger partial charge on any atom is 0.168 e. The number of carbonyl (C=O) groups excluding carboxylic acids is 1. The summed E-state index contributed by atoms with van der Waals surface area (Å²) >= 11 is 5.71. The van der Waals surface area contributed by atoms with Crippen molar-refractivity contribution in [2.45, 2.75) is 26.7 Å². The monoisotopic (exact) mass is 479 g/mol. The summed E-state index contributed by atoms with van der Waals surface area (Å²) in [5.74, 6) is 1.61. The first-order valence-electron chi connectivity index (χ1n) is 11.8. The summed E-state index contributed by atoms with van der Waals surface area (Å²) in [6.07, 6.45) is 1.28. The van der Waals surface area contributed by atoms with Gasteiger partial charge < -0.3 is 20.1 Å². The molecule has 0 radical (unpaired) electrons. The van der Waals surface area contributed by atoms with E-state index in [0.29, 0.717) is 17.0 Å². The largest absolute Gasteiger partial charge is 0.457 e. The molecule has 0 amide bonds. The van der Waals surface area contributed by atoms with Gasteiger partial charge in [0, 0.05) is 44.0 Å². The molecule has 34 heavy (non-hydrogen) atoms. The van der Waals surface area contributed by atoms with E-state index < -0.39 is 0 Å². The molecule has 1 aliphatic heterocycles. The van der Waals surface area contributed by atoms with Crippen molar-refractivity contribution in [2.24, 2.45) is 5.41 Å². The zero-order chi connectivity index (χ0) is 24.0. The number of ketones is 1. The van der Waals surface area contributed by atoms with Crippen molar-refractivity contribution in [1.29, 1.82) is 0 Å². The number of allylic oxidation sites excluding steroid dienone is 1. The van der Waals surface area contributed by atoms with Crippen LogP contribution in [-0.2, 0) is 9.53 Å². The number of morpholine rings is 1. The predicted octanol–water partition coefficient (Wildman–Crippen LogP) is 4.78. The number of hydrogen-bond acceptors (Lipinski definition) is 6. The Morgan fingerprint density at radius 1 is 1.03 bits per heavy atom. The highest BCUT2D eigenvalue weighted by molar-refractivity contribution is 7.81. The lowest BCUT2D eigenvalue weighted by atomic mass is 9.75. The van der Waals surface area contributed by atoms with Crippen molar-refractivity contribution in [2.75, 3.05) is 44.7 Å². The van der Waals surface area contributed by atoms with Crippen LogP contribution >= 0.6 is 12.2 Å². The van der Waals surface area contributed by atoms with Crippen LogP contribution in [0.3, 0.4) is 0 Å². The molecule has 6 nitrogen and oxygen atoms in total. The van der Waals surface area contributed by atoms with E-state index in [1.807, 2.05) is 54.6 Å². The number of carbonyl (C=O) groups is 1. The molecule has 2 aromatic carbocycles. The number of benzene rings is 2. The second-order valence-electron chi connectivity index (χ2n) is 9.57. The van der Waals surface area contributed by atoms with Crippen LogP contribution in [0.2, 0.25) is 0 Å². The number of thiocarbonyl (C=S) groups is 1. The van der Waals surface area contributed by atoms with Gasteiger partial charge in [-0.05, 0) is 48.2 Å². The first-order valence-corrected chi connectivity index (χ1v) is 12.3. The maximum atomic E-state index is 13.1. The fourth-order valence-electron chi connectivity index (χ4n) is 4.35. The van der Waals surface area contributed by atoms with Crippen LogP contribution in [0.4, 0.5) is 5.69 Å². The van der Waals surface area contributed by atoms with Crippen LogP contribution < -0.4 is 15.4 Å². The summed E-state index contributed by atoms with van der Waals surface area (Å²) in [4.78, 5) is 15.9. The van der Waals surface area contributed by atoms with Gasteiger partial charge in [0.1, 0.15) is 16.5 Å². The molecular formula is C27H33N3O3S. The summed E-state index contributed by atoms with van der Waals surface area (Å²) in [5, 5.41) is 6.80. The van der Waals surface area contributed by atoms with E-state index in [1.54, 1.807) is 0 Å². The average molecular weight is 480 g/mol. The minimum atomic E-state index is -0.0894. The van der Waals surface area contributed by atoms with Gasteiger partial charge in [0.15, 0.2) is 5.78 Å². The molecule has 1 aliphatic carbocycles. The number of anilines is 1. The minimum absolute atomic E-state index is 0.0894. The van der Waals surface area contributed by atoms with Gasteiger partial charge in [0.05, 0.1) is 18.8 Å². The van der Waals surface area contributed by atoms with Crippen molar-refractivity contribution in [3.05, 3.63) is 65.9 Å². The van der Waals surface area contributed by atoms with Gasteiger partial charge in [-0.25, -0.2) is 0 Å². The van der Waals surface area contributed by atoms with Crippen LogP contribution in [0.15, 0.2) is 65.9 Å². The Hall–Kier alpha value is -2.74. The lowest BCUT2D eigenvalue weighted by Gasteiger charge is -2.33. The minimum Gasteiger partial charge on any atom is -0.457 e. The molecule has 1 fully saturated rings. The smallest absolute Gasteiger partial charge is 0.168 e. The number of nitrogens with zero attached hydrogens (tertiary/aromatic N) is 1. The number of nitrogens with one attached hydrogen (secondary N) is 2. The maximum absolute atomic E-state index is 13.1. The summed E-state index contributed by atoms with van der Waals surface area (Å²) in [5.41, 5.74) is 2.29. The number of ether oxygens (including phenoxy) is 2. The van der Waals surface area contributed by atoms with Crippen molar-refractivity contribution < 1.29 is 14.3 Å². The van der Waals surface area contributed by atoms with Gasteiger partial charge in [-0.2, -0.15) is 0 Å². The van der Waals surface area contributed by atoms with Crippen LogP contribution in [0, 0.1) is 5.41 Å². The van der Waals surface area contributed by atoms with Crippen molar-refractivity contribution in [3.8, 4) is 11.5 Å². The number of hydrogen-bond donors (Lipinski definition) is 2. The molecule has 2 aromatic rings. The lowest BCUT2D eigenvalue weighted by molar-refractivity contribution is -0.117. The van der Waals surface area contributed by atoms with Crippen LogP contribution in [0.25, 0.3) is 0 Å². The molecule has 1 saturated heterocycles. The Kier molecular flexibility index (Phi) is 7.98. The number of Topliss-reactive ketones (excluding diaryl/α,β-unsaturated/α-hetero) is 1. The van der Waals surface area contributed by atoms with E-state index in [-0.39, 0.29) is 11.2 Å². The van der Waals surface area contributed by atoms with Gasteiger partial charge in [0.25, 0.3) is 0 Å². The highest BCUT2D eigenvalue weighted by atomic mass is 32.1. The molecule has 0 aromatic heterocycles. The summed E-state index contributed by atoms with van der Waals surface area (Å²) in [7, 11) is 0. The Morgan fingerprint density at radius 3 is 2.41 bits per heavy atom. The Morgan fingerprint density at radius 2 is 1.71 bits per heavy atom. The van der Waals surface area contributed by atoms with Crippen LogP contribution in [0.1, 0.15) is 26.7 Å².